The first-order valence-corrected chi connectivity index (χ1v) is 9.02. The molecule has 0 amide bonds. The lowest BCUT2D eigenvalue weighted by Gasteiger charge is -2.10. The molecule has 0 spiro atoms. The Balaban J connectivity index is 2.20. The molecule has 0 radical (unpaired) electrons. The Hall–Kier alpha value is -2.79. The summed E-state index contributed by atoms with van der Waals surface area (Å²) in [5.41, 5.74) is 3.54. The van der Waals surface area contributed by atoms with Crippen molar-refractivity contribution in [2.75, 3.05) is 6.61 Å². The fraction of sp³-hybridized carbons (Fsp3) is 0.238. The van der Waals surface area contributed by atoms with E-state index >= 15 is 0 Å². The van der Waals surface area contributed by atoms with Gasteiger partial charge in [-0.25, -0.2) is 0 Å². The van der Waals surface area contributed by atoms with Crippen LogP contribution in [0.5, 0.6) is 5.75 Å². The third-order valence-corrected chi connectivity index (χ3v) is 4.53. The van der Waals surface area contributed by atoms with Gasteiger partial charge in [0.2, 0.25) is 0 Å². The molecule has 5 nitrogen and oxygen atoms in total. The van der Waals surface area contributed by atoms with Crippen molar-refractivity contribution in [3.63, 3.8) is 0 Å². The lowest BCUT2D eigenvalue weighted by Crippen LogP contribution is -2.08. The molecule has 2 aromatic carbocycles. The summed E-state index contributed by atoms with van der Waals surface area (Å²) in [5, 5.41) is 1.55. The summed E-state index contributed by atoms with van der Waals surface area (Å²) in [5.74, 6) is -0.215. The highest BCUT2D eigenvalue weighted by Crippen LogP contribution is 2.33. The van der Waals surface area contributed by atoms with E-state index in [0.29, 0.717) is 17.4 Å². The van der Waals surface area contributed by atoms with Crippen molar-refractivity contribution in [1.29, 1.82) is 0 Å². The van der Waals surface area contributed by atoms with Crippen molar-refractivity contribution in [2.24, 2.45) is 0 Å². The Bertz CT molecular complexity index is 1010. The van der Waals surface area contributed by atoms with E-state index in [0.717, 1.165) is 27.8 Å². The van der Waals surface area contributed by atoms with Crippen LogP contribution in [0.15, 0.2) is 42.5 Å². The second kappa shape index (κ2) is 7.84. The maximum atomic E-state index is 12.1. The van der Waals surface area contributed by atoms with Crippen LogP contribution in [-0.4, -0.2) is 23.1 Å². The van der Waals surface area contributed by atoms with Gasteiger partial charge in [-0.05, 0) is 55.8 Å². The summed E-state index contributed by atoms with van der Waals surface area (Å²) in [4.78, 5) is 23.4. The predicted molar refractivity (Wildman–Crippen MR) is 105 cm³/mol. The van der Waals surface area contributed by atoms with E-state index in [-0.39, 0.29) is 18.4 Å². The summed E-state index contributed by atoms with van der Waals surface area (Å²) in [6.07, 6.45) is 0.170. The largest absolute Gasteiger partial charge is 0.466 e. The van der Waals surface area contributed by atoms with E-state index in [1.807, 2.05) is 41.8 Å². The molecule has 0 saturated heterocycles. The molecular weight excluding hydrogens is 366 g/mol. The molecule has 0 fully saturated rings. The fourth-order valence-electron chi connectivity index (χ4n) is 3.19. The number of carbonyl (C=O) groups excluding carboxylic acids is 2. The van der Waals surface area contributed by atoms with Gasteiger partial charge in [0, 0.05) is 34.8 Å². The minimum Gasteiger partial charge on any atom is -0.466 e. The maximum Gasteiger partial charge on any atom is 0.310 e. The highest BCUT2D eigenvalue weighted by atomic mass is 35.5. The van der Waals surface area contributed by atoms with E-state index in [2.05, 4.69) is 0 Å². The Labute approximate surface area is 162 Å². The summed E-state index contributed by atoms with van der Waals surface area (Å²) >= 11 is 6.02. The lowest BCUT2D eigenvalue weighted by atomic mass is 10.1. The van der Waals surface area contributed by atoms with Crippen LogP contribution in [0.1, 0.15) is 25.1 Å². The van der Waals surface area contributed by atoms with Crippen LogP contribution in [0.4, 0.5) is 0 Å². The summed E-state index contributed by atoms with van der Waals surface area (Å²) in [6.45, 7) is 5.44. The molecule has 6 heteroatoms. The minimum absolute atomic E-state index is 0.170. The first-order valence-electron chi connectivity index (χ1n) is 8.64. The number of benzene rings is 2. The first kappa shape index (κ1) is 19.0. The van der Waals surface area contributed by atoms with Gasteiger partial charge in [0.25, 0.3) is 0 Å². The van der Waals surface area contributed by atoms with Gasteiger partial charge in [0.15, 0.2) is 0 Å². The van der Waals surface area contributed by atoms with Crippen molar-refractivity contribution in [2.45, 2.75) is 27.2 Å². The van der Waals surface area contributed by atoms with Crippen molar-refractivity contribution >= 4 is 34.4 Å². The summed E-state index contributed by atoms with van der Waals surface area (Å²) in [7, 11) is 0. The van der Waals surface area contributed by atoms with E-state index in [1.165, 1.54) is 6.92 Å². The second-order valence-electron chi connectivity index (χ2n) is 6.13. The molecule has 1 heterocycles. The number of halogens is 1. The van der Waals surface area contributed by atoms with Gasteiger partial charge >= 0.3 is 11.9 Å². The highest BCUT2D eigenvalue weighted by Gasteiger charge is 2.19. The van der Waals surface area contributed by atoms with Crippen molar-refractivity contribution in [1.82, 2.24) is 4.57 Å². The smallest absolute Gasteiger partial charge is 0.310 e. The topological polar surface area (TPSA) is 57.5 Å². The number of ether oxygens (including phenoxy) is 2. The zero-order valence-corrected chi connectivity index (χ0v) is 16.2. The quantitative estimate of drug-likeness (QED) is 0.475. The number of esters is 2. The standard InChI is InChI=1S/C21H20ClNO4/c1-4-26-21(25)12-19-13(2)23(16-7-5-15(22)6-8-16)20-11-17(27-14(3)24)9-10-18(19)20/h5-11H,4,12H2,1-3H3. The summed E-state index contributed by atoms with van der Waals surface area (Å²) < 4.78 is 12.4. The molecule has 0 aliphatic carbocycles. The van der Waals surface area contributed by atoms with Crippen LogP contribution in [0.2, 0.25) is 5.02 Å². The molecule has 140 valence electrons. The average molecular weight is 386 g/mol. The van der Waals surface area contributed by atoms with Crippen LogP contribution in [0.25, 0.3) is 16.6 Å². The molecule has 0 bridgehead atoms. The fourth-order valence-corrected chi connectivity index (χ4v) is 3.32. The second-order valence-corrected chi connectivity index (χ2v) is 6.57. The first-order chi connectivity index (χ1) is 12.9. The number of rotatable bonds is 5. The Morgan fingerprint density at radius 2 is 1.81 bits per heavy atom. The highest BCUT2D eigenvalue weighted by molar-refractivity contribution is 6.30. The lowest BCUT2D eigenvalue weighted by molar-refractivity contribution is -0.142. The molecule has 27 heavy (non-hydrogen) atoms. The third-order valence-electron chi connectivity index (χ3n) is 4.28. The molecule has 1 aromatic heterocycles. The van der Waals surface area contributed by atoms with E-state index in [4.69, 9.17) is 21.1 Å². The summed E-state index contributed by atoms with van der Waals surface area (Å²) in [6, 6.07) is 12.8. The minimum atomic E-state index is -0.387. The van der Waals surface area contributed by atoms with Crippen LogP contribution in [-0.2, 0) is 20.7 Å². The third kappa shape index (κ3) is 3.98. The SMILES string of the molecule is CCOC(=O)Cc1c(C)n(-c2ccc(Cl)cc2)c2cc(OC(C)=O)ccc12. The number of fused-ring (bicyclic) bond motifs is 1. The molecule has 0 aliphatic rings. The Kier molecular flexibility index (Phi) is 5.51. The van der Waals surface area contributed by atoms with Gasteiger partial charge < -0.3 is 14.0 Å². The number of aromatic nitrogens is 1. The zero-order valence-electron chi connectivity index (χ0n) is 15.4. The van der Waals surface area contributed by atoms with Gasteiger partial charge in [-0.1, -0.05) is 11.6 Å². The molecule has 0 saturated carbocycles. The monoisotopic (exact) mass is 385 g/mol. The maximum absolute atomic E-state index is 12.1. The number of hydrogen-bond acceptors (Lipinski definition) is 4. The van der Waals surface area contributed by atoms with Gasteiger partial charge in [-0.2, -0.15) is 0 Å². The van der Waals surface area contributed by atoms with Crippen molar-refractivity contribution in [3.8, 4) is 11.4 Å². The number of nitrogens with zero attached hydrogens (tertiary/aromatic N) is 1. The normalized spacial score (nSPS) is 10.8. The molecule has 0 unspecified atom stereocenters. The average Bonchev–Trinajstić information content (AvgIpc) is 2.87. The number of carbonyl (C=O) groups is 2. The van der Waals surface area contributed by atoms with Gasteiger partial charge in [0.05, 0.1) is 18.5 Å². The van der Waals surface area contributed by atoms with Crippen LogP contribution in [0, 0.1) is 6.92 Å². The van der Waals surface area contributed by atoms with Crippen LogP contribution < -0.4 is 4.74 Å². The Morgan fingerprint density at radius 1 is 1.11 bits per heavy atom. The molecule has 3 aromatic rings. The molecule has 3 rings (SSSR count). The van der Waals surface area contributed by atoms with E-state index in [9.17, 15) is 9.59 Å². The molecular formula is C21H20ClNO4. The van der Waals surface area contributed by atoms with E-state index in [1.54, 1.807) is 19.1 Å². The van der Waals surface area contributed by atoms with Crippen molar-refractivity contribution < 1.29 is 19.1 Å². The zero-order chi connectivity index (χ0) is 19.6. The number of hydrogen-bond donors (Lipinski definition) is 0. The van der Waals surface area contributed by atoms with E-state index < -0.39 is 0 Å². The van der Waals surface area contributed by atoms with Gasteiger partial charge in [-0.15, -0.1) is 0 Å². The molecule has 0 atom stereocenters. The van der Waals surface area contributed by atoms with Gasteiger partial charge in [0.1, 0.15) is 5.75 Å². The van der Waals surface area contributed by atoms with Crippen LogP contribution >= 0.6 is 11.6 Å². The van der Waals surface area contributed by atoms with Crippen LogP contribution in [0.3, 0.4) is 0 Å². The Morgan fingerprint density at radius 3 is 2.44 bits per heavy atom. The molecule has 0 aliphatic heterocycles. The van der Waals surface area contributed by atoms with Crippen molar-refractivity contribution in [3.05, 3.63) is 58.7 Å². The van der Waals surface area contributed by atoms with Gasteiger partial charge in [-0.3, -0.25) is 9.59 Å². The predicted octanol–water partition coefficient (Wildman–Crippen LogP) is 4.62. The molecule has 0 N–H and O–H groups in total.